The van der Waals surface area contributed by atoms with Crippen LogP contribution in [-0.4, -0.2) is 24.3 Å². The van der Waals surface area contributed by atoms with Gasteiger partial charge in [0.05, 0.1) is 10.9 Å². The molecule has 5 heteroatoms. The molecule has 116 valence electrons. The van der Waals surface area contributed by atoms with Crippen LogP contribution in [0, 0.1) is 13.8 Å². The Morgan fingerprint density at radius 2 is 1.86 bits per heavy atom. The quantitative estimate of drug-likeness (QED) is 0.873. The Bertz CT molecular complexity index is 773. The number of aromatic nitrogens is 1. The van der Waals surface area contributed by atoms with E-state index in [1.54, 1.807) is 22.8 Å². The summed E-state index contributed by atoms with van der Waals surface area (Å²) in [5.74, 6) is 0. The van der Waals surface area contributed by atoms with E-state index in [0.717, 1.165) is 29.5 Å². The van der Waals surface area contributed by atoms with E-state index in [9.17, 15) is 8.42 Å². The lowest BCUT2D eigenvalue weighted by Crippen LogP contribution is -2.31. The first-order chi connectivity index (χ1) is 10.5. The second-order valence-corrected chi connectivity index (χ2v) is 7.68. The molecule has 1 atom stereocenters. The lowest BCUT2D eigenvalue weighted by atomic mass is 10.1. The van der Waals surface area contributed by atoms with E-state index in [4.69, 9.17) is 0 Å². The van der Waals surface area contributed by atoms with E-state index >= 15 is 0 Å². The highest BCUT2D eigenvalue weighted by molar-refractivity contribution is 7.89. The van der Waals surface area contributed by atoms with Gasteiger partial charge >= 0.3 is 0 Å². The molecule has 2 heterocycles. The van der Waals surface area contributed by atoms with E-state index in [0.29, 0.717) is 11.4 Å². The summed E-state index contributed by atoms with van der Waals surface area (Å²) in [5.41, 5.74) is 2.89. The van der Waals surface area contributed by atoms with Crippen LogP contribution in [0.1, 0.15) is 35.6 Å². The third-order valence-corrected chi connectivity index (χ3v) is 6.28. The average Bonchev–Trinajstić information content (AvgIpc) is 2.98. The SMILES string of the molecule is Cc1ccc(S(=O)(=O)N2CCCC2c2ccncc2)c(C)c1. The highest BCUT2D eigenvalue weighted by Gasteiger charge is 2.36. The van der Waals surface area contributed by atoms with Crippen molar-refractivity contribution < 1.29 is 8.42 Å². The normalized spacial score (nSPS) is 19.5. The average molecular weight is 316 g/mol. The fourth-order valence-corrected chi connectivity index (χ4v) is 5.05. The molecule has 0 saturated carbocycles. The predicted molar refractivity (Wildman–Crippen MR) is 86.0 cm³/mol. The minimum atomic E-state index is -3.47. The molecule has 2 aromatic rings. The summed E-state index contributed by atoms with van der Waals surface area (Å²) in [6.07, 6.45) is 5.18. The summed E-state index contributed by atoms with van der Waals surface area (Å²) in [4.78, 5) is 4.43. The standard InChI is InChI=1S/C17H20N2O2S/c1-13-5-6-17(14(2)12-13)22(20,21)19-11-3-4-16(19)15-7-9-18-10-8-15/h5-10,12,16H,3-4,11H2,1-2H3. The summed E-state index contributed by atoms with van der Waals surface area (Å²) in [6, 6.07) is 9.22. The van der Waals surface area contributed by atoms with Gasteiger partial charge in [-0.05, 0) is 56.0 Å². The van der Waals surface area contributed by atoms with Gasteiger partial charge in [-0.2, -0.15) is 4.31 Å². The Kier molecular flexibility index (Phi) is 4.02. The first-order valence-corrected chi connectivity index (χ1v) is 8.93. The molecule has 1 aromatic heterocycles. The molecule has 0 bridgehead atoms. The van der Waals surface area contributed by atoms with Crippen LogP contribution in [0.25, 0.3) is 0 Å². The maximum atomic E-state index is 13.1. The molecule has 1 aliphatic heterocycles. The Morgan fingerprint density at radius 1 is 1.14 bits per heavy atom. The van der Waals surface area contributed by atoms with Crippen LogP contribution in [0.2, 0.25) is 0 Å². The van der Waals surface area contributed by atoms with Gasteiger partial charge in [0, 0.05) is 18.9 Å². The maximum absolute atomic E-state index is 13.1. The van der Waals surface area contributed by atoms with Crippen LogP contribution in [0.5, 0.6) is 0 Å². The second-order valence-electron chi connectivity index (χ2n) is 5.82. The summed E-state index contributed by atoms with van der Waals surface area (Å²) in [7, 11) is -3.47. The first kappa shape index (κ1) is 15.2. The number of nitrogens with zero attached hydrogens (tertiary/aromatic N) is 2. The van der Waals surface area contributed by atoms with Crippen LogP contribution >= 0.6 is 0 Å². The number of pyridine rings is 1. The number of hydrogen-bond acceptors (Lipinski definition) is 3. The molecule has 4 nitrogen and oxygen atoms in total. The van der Waals surface area contributed by atoms with E-state index < -0.39 is 10.0 Å². The molecule has 1 unspecified atom stereocenters. The molecule has 0 amide bonds. The van der Waals surface area contributed by atoms with Crippen LogP contribution in [0.3, 0.4) is 0 Å². The molecule has 0 N–H and O–H groups in total. The third-order valence-electron chi connectivity index (χ3n) is 4.21. The van der Waals surface area contributed by atoms with Crippen molar-refractivity contribution in [3.05, 3.63) is 59.4 Å². The van der Waals surface area contributed by atoms with Gasteiger partial charge in [-0.1, -0.05) is 17.7 Å². The summed E-state index contributed by atoms with van der Waals surface area (Å²) >= 11 is 0. The molecule has 0 radical (unpaired) electrons. The van der Waals surface area contributed by atoms with Crippen molar-refractivity contribution in [2.45, 2.75) is 37.6 Å². The Hall–Kier alpha value is -1.72. The lowest BCUT2D eigenvalue weighted by Gasteiger charge is -2.25. The van der Waals surface area contributed by atoms with Gasteiger partial charge in [-0.3, -0.25) is 4.98 Å². The van der Waals surface area contributed by atoms with Crippen molar-refractivity contribution in [3.8, 4) is 0 Å². The smallest absolute Gasteiger partial charge is 0.243 e. The van der Waals surface area contributed by atoms with Gasteiger partial charge in [0.1, 0.15) is 0 Å². The molecule has 0 aliphatic carbocycles. The second kappa shape index (κ2) is 5.82. The van der Waals surface area contributed by atoms with Crippen molar-refractivity contribution in [2.75, 3.05) is 6.54 Å². The van der Waals surface area contributed by atoms with Gasteiger partial charge in [-0.15, -0.1) is 0 Å². The number of aryl methyl sites for hydroxylation is 2. The number of hydrogen-bond donors (Lipinski definition) is 0. The molecule has 1 saturated heterocycles. The molecule has 0 spiro atoms. The van der Waals surface area contributed by atoms with Crippen LogP contribution in [-0.2, 0) is 10.0 Å². The van der Waals surface area contributed by atoms with E-state index in [-0.39, 0.29) is 6.04 Å². The van der Waals surface area contributed by atoms with Gasteiger partial charge in [-0.25, -0.2) is 8.42 Å². The highest BCUT2D eigenvalue weighted by Crippen LogP contribution is 2.36. The number of sulfonamides is 1. The van der Waals surface area contributed by atoms with E-state index in [1.807, 2.05) is 38.1 Å². The van der Waals surface area contributed by atoms with Gasteiger partial charge in [0.2, 0.25) is 10.0 Å². The molecule has 1 aromatic carbocycles. The van der Waals surface area contributed by atoms with Gasteiger partial charge in [0.15, 0.2) is 0 Å². The number of rotatable bonds is 3. The first-order valence-electron chi connectivity index (χ1n) is 7.49. The zero-order valence-corrected chi connectivity index (χ0v) is 13.7. The predicted octanol–water partition coefficient (Wildman–Crippen LogP) is 3.22. The van der Waals surface area contributed by atoms with Gasteiger partial charge in [0.25, 0.3) is 0 Å². The molecular weight excluding hydrogens is 296 g/mol. The fraction of sp³-hybridized carbons (Fsp3) is 0.353. The van der Waals surface area contributed by atoms with Crippen molar-refractivity contribution in [1.29, 1.82) is 0 Å². The van der Waals surface area contributed by atoms with Crippen LogP contribution in [0.4, 0.5) is 0 Å². The Morgan fingerprint density at radius 3 is 2.55 bits per heavy atom. The molecular formula is C17H20N2O2S. The number of benzene rings is 1. The van der Waals surface area contributed by atoms with Crippen LogP contribution < -0.4 is 0 Å². The topological polar surface area (TPSA) is 50.3 Å². The maximum Gasteiger partial charge on any atom is 0.243 e. The molecule has 22 heavy (non-hydrogen) atoms. The summed E-state index contributed by atoms with van der Waals surface area (Å²) < 4.78 is 27.8. The zero-order chi connectivity index (χ0) is 15.7. The van der Waals surface area contributed by atoms with Crippen molar-refractivity contribution in [1.82, 2.24) is 9.29 Å². The van der Waals surface area contributed by atoms with Crippen molar-refractivity contribution in [2.24, 2.45) is 0 Å². The highest BCUT2D eigenvalue weighted by atomic mass is 32.2. The largest absolute Gasteiger partial charge is 0.265 e. The van der Waals surface area contributed by atoms with Crippen LogP contribution in [0.15, 0.2) is 47.6 Å². The van der Waals surface area contributed by atoms with E-state index in [1.165, 1.54) is 0 Å². The summed E-state index contributed by atoms with van der Waals surface area (Å²) in [6.45, 7) is 4.40. The lowest BCUT2D eigenvalue weighted by molar-refractivity contribution is 0.396. The summed E-state index contributed by atoms with van der Waals surface area (Å²) in [5, 5.41) is 0. The third kappa shape index (κ3) is 2.66. The Labute approximate surface area is 131 Å². The monoisotopic (exact) mass is 316 g/mol. The zero-order valence-electron chi connectivity index (χ0n) is 12.9. The molecule has 1 fully saturated rings. The minimum absolute atomic E-state index is 0.0892. The minimum Gasteiger partial charge on any atom is -0.265 e. The Balaban J connectivity index is 2.01. The molecule has 3 rings (SSSR count). The van der Waals surface area contributed by atoms with E-state index in [2.05, 4.69) is 4.98 Å². The van der Waals surface area contributed by atoms with Crippen molar-refractivity contribution >= 4 is 10.0 Å². The molecule has 1 aliphatic rings. The van der Waals surface area contributed by atoms with Gasteiger partial charge < -0.3 is 0 Å². The fourth-order valence-electron chi connectivity index (χ4n) is 3.16. The van der Waals surface area contributed by atoms with Crippen molar-refractivity contribution in [3.63, 3.8) is 0 Å².